The van der Waals surface area contributed by atoms with Crippen LogP contribution in [-0.4, -0.2) is 16.9 Å². The molecule has 0 atom stereocenters. The fourth-order valence-corrected chi connectivity index (χ4v) is 8.71. The molecule has 0 spiro atoms. The summed E-state index contributed by atoms with van der Waals surface area (Å²) in [5.41, 5.74) is 11.2. The van der Waals surface area contributed by atoms with Crippen LogP contribution < -0.4 is 9.80 Å². The third kappa shape index (κ3) is 9.39. The zero-order valence-corrected chi connectivity index (χ0v) is 34.2. The third-order valence-electron chi connectivity index (χ3n) is 11.9. The highest BCUT2D eigenvalue weighted by Gasteiger charge is 2.43. The van der Waals surface area contributed by atoms with Gasteiger partial charge < -0.3 is 9.80 Å². The van der Waals surface area contributed by atoms with Gasteiger partial charge in [-0.05, 0) is 103 Å². The first-order chi connectivity index (χ1) is 27.7. The van der Waals surface area contributed by atoms with Crippen molar-refractivity contribution in [1.29, 1.82) is 0 Å². The van der Waals surface area contributed by atoms with E-state index in [1.165, 1.54) is 86.5 Å². The Bertz CT molecular complexity index is 2100. The van der Waals surface area contributed by atoms with Crippen molar-refractivity contribution in [2.24, 2.45) is 0 Å². The summed E-state index contributed by atoms with van der Waals surface area (Å²) < 4.78 is 0. The molecule has 0 saturated heterocycles. The number of nitrogens with zero attached hydrogens (tertiary/aromatic N) is 4. The Morgan fingerprint density at radius 3 is 1.35 bits per heavy atom. The summed E-state index contributed by atoms with van der Waals surface area (Å²) in [5, 5.41) is 23.1. The number of benzene rings is 5. The number of unbranched alkanes of at least 4 members (excludes halogenated alkanes) is 10. The van der Waals surface area contributed by atoms with Crippen LogP contribution in [0.3, 0.4) is 0 Å². The van der Waals surface area contributed by atoms with Crippen molar-refractivity contribution in [2.45, 2.75) is 116 Å². The molecule has 0 saturated carbocycles. The second-order valence-corrected chi connectivity index (χ2v) is 15.9. The maximum atomic E-state index is 11.6. The van der Waals surface area contributed by atoms with Crippen molar-refractivity contribution in [3.63, 3.8) is 0 Å². The summed E-state index contributed by atoms with van der Waals surface area (Å²) in [6.07, 6.45) is 16.8. The molecule has 0 bridgehead atoms. The highest BCUT2D eigenvalue weighted by atomic mass is 16.6. The number of fused-ring (bicyclic) bond motifs is 3. The molecule has 57 heavy (non-hydrogen) atoms. The van der Waals surface area contributed by atoms with Crippen LogP contribution in [0.25, 0.3) is 11.1 Å². The Kier molecular flexibility index (Phi) is 13.8. The minimum Gasteiger partial charge on any atom is -0.345 e. The zero-order valence-electron chi connectivity index (χ0n) is 34.2. The van der Waals surface area contributed by atoms with Crippen LogP contribution in [0.4, 0.5) is 39.8 Å². The maximum absolute atomic E-state index is 11.6. The Labute approximate surface area is 338 Å². The van der Waals surface area contributed by atoms with E-state index in [-0.39, 0.29) is 26.6 Å². The molecule has 8 heteroatoms. The second-order valence-electron chi connectivity index (χ2n) is 15.9. The van der Waals surface area contributed by atoms with E-state index in [1.54, 1.807) is 24.3 Å². The van der Waals surface area contributed by atoms with Gasteiger partial charge in [0.1, 0.15) is 0 Å². The minimum absolute atomic E-state index is 0.0680. The molecular weight excluding hydrogens is 709 g/mol. The fourth-order valence-electron chi connectivity index (χ4n) is 8.71. The molecule has 0 radical (unpaired) electrons. The molecule has 0 fully saturated rings. The molecule has 5 aromatic rings. The average molecular weight is 767 g/mol. The normalized spacial score (nSPS) is 12.6. The van der Waals surface area contributed by atoms with Crippen molar-refractivity contribution in [2.75, 3.05) is 16.8 Å². The highest BCUT2D eigenvalue weighted by Crippen LogP contribution is 2.56. The van der Waals surface area contributed by atoms with Crippen molar-refractivity contribution in [3.05, 3.63) is 146 Å². The molecular formula is C49H58N4O4. The molecule has 1 aliphatic carbocycles. The van der Waals surface area contributed by atoms with E-state index in [1.807, 2.05) is 31.3 Å². The molecule has 298 valence electrons. The van der Waals surface area contributed by atoms with Crippen LogP contribution >= 0.6 is 0 Å². The quantitative estimate of drug-likeness (QED) is 0.0419. The topological polar surface area (TPSA) is 92.8 Å². The van der Waals surface area contributed by atoms with Gasteiger partial charge in [0, 0.05) is 65.2 Å². The Morgan fingerprint density at radius 1 is 0.491 bits per heavy atom. The number of non-ortho nitro benzene ring substituents is 2. The highest BCUT2D eigenvalue weighted by molar-refractivity contribution is 5.87. The molecule has 0 amide bonds. The molecule has 1 aliphatic rings. The summed E-state index contributed by atoms with van der Waals surface area (Å²) in [4.78, 5) is 26.7. The van der Waals surface area contributed by atoms with Crippen molar-refractivity contribution in [1.82, 2.24) is 0 Å². The van der Waals surface area contributed by atoms with E-state index >= 15 is 0 Å². The summed E-state index contributed by atoms with van der Waals surface area (Å²) in [5.74, 6) is 0. The van der Waals surface area contributed by atoms with Gasteiger partial charge in [0.15, 0.2) is 0 Å². The lowest BCUT2D eigenvalue weighted by Gasteiger charge is -2.35. The van der Waals surface area contributed by atoms with E-state index in [4.69, 9.17) is 0 Å². The van der Waals surface area contributed by atoms with Gasteiger partial charge in [0.05, 0.1) is 9.85 Å². The summed E-state index contributed by atoms with van der Waals surface area (Å²) >= 11 is 0. The largest absolute Gasteiger partial charge is 0.345 e. The zero-order chi connectivity index (χ0) is 40.4. The molecule has 0 N–H and O–H groups in total. The van der Waals surface area contributed by atoms with Crippen LogP contribution in [0.5, 0.6) is 0 Å². The van der Waals surface area contributed by atoms with Gasteiger partial charge in [-0.1, -0.05) is 121 Å². The van der Waals surface area contributed by atoms with Gasteiger partial charge in [0.25, 0.3) is 11.4 Å². The smallest absolute Gasteiger partial charge is 0.269 e. The maximum Gasteiger partial charge on any atom is 0.269 e. The van der Waals surface area contributed by atoms with E-state index < -0.39 is 0 Å². The van der Waals surface area contributed by atoms with E-state index in [0.717, 1.165) is 59.7 Å². The predicted molar refractivity (Wildman–Crippen MR) is 236 cm³/mol. The molecule has 0 aromatic heterocycles. The first-order valence-corrected chi connectivity index (χ1v) is 21.1. The molecule has 0 aliphatic heterocycles. The summed E-state index contributed by atoms with van der Waals surface area (Å²) in [6, 6.07) is 35.9. The SMILES string of the molecule is CCCCCCCCC1(CCCCCCCC)c2cc(N(C)c3ccc([N+](=O)[O-])cc3)ccc2-c2ccc(N(c3ccc(C)cc3)c3ccc([N+](=O)[O-])cc3)cc21. The van der Waals surface area contributed by atoms with Crippen LogP contribution in [0.2, 0.25) is 0 Å². The molecule has 6 rings (SSSR count). The second kappa shape index (κ2) is 19.1. The van der Waals surface area contributed by atoms with Crippen molar-refractivity contribution >= 4 is 39.8 Å². The van der Waals surface area contributed by atoms with Crippen molar-refractivity contribution < 1.29 is 9.85 Å². The third-order valence-corrected chi connectivity index (χ3v) is 11.9. The summed E-state index contributed by atoms with van der Waals surface area (Å²) in [7, 11) is 2.04. The minimum atomic E-state index is -0.356. The number of aryl methyl sites for hydroxylation is 1. The first-order valence-electron chi connectivity index (χ1n) is 21.1. The molecule has 8 nitrogen and oxygen atoms in total. The number of nitro benzene ring substituents is 2. The number of rotatable bonds is 21. The number of anilines is 5. The van der Waals surface area contributed by atoms with Crippen LogP contribution in [0, 0.1) is 27.2 Å². The van der Waals surface area contributed by atoms with Gasteiger partial charge in [-0.15, -0.1) is 0 Å². The number of hydrogen-bond acceptors (Lipinski definition) is 6. The Morgan fingerprint density at radius 2 is 0.877 bits per heavy atom. The predicted octanol–water partition coefficient (Wildman–Crippen LogP) is 14.8. The van der Waals surface area contributed by atoms with Crippen LogP contribution in [0.1, 0.15) is 120 Å². The average Bonchev–Trinajstić information content (AvgIpc) is 3.49. The molecule has 0 heterocycles. The van der Waals surface area contributed by atoms with Gasteiger partial charge >= 0.3 is 0 Å². The van der Waals surface area contributed by atoms with Crippen LogP contribution in [-0.2, 0) is 5.41 Å². The lowest BCUT2D eigenvalue weighted by molar-refractivity contribution is -0.385. The van der Waals surface area contributed by atoms with E-state index in [9.17, 15) is 20.2 Å². The van der Waals surface area contributed by atoms with Crippen molar-refractivity contribution in [3.8, 4) is 11.1 Å². The van der Waals surface area contributed by atoms with Gasteiger partial charge in [-0.3, -0.25) is 20.2 Å². The van der Waals surface area contributed by atoms with Gasteiger partial charge in [-0.25, -0.2) is 0 Å². The van der Waals surface area contributed by atoms with E-state index in [0.29, 0.717) is 0 Å². The lowest BCUT2D eigenvalue weighted by Crippen LogP contribution is -2.26. The Balaban J connectivity index is 1.48. The van der Waals surface area contributed by atoms with Crippen LogP contribution in [0.15, 0.2) is 109 Å². The first kappa shape index (κ1) is 41.1. The summed E-state index contributed by atoms with van der Waals surface area (Å²) in [6.45, 7) is 6.61. The number of nitro groups is 2. The van der Waals surface area contributed by atoms with E-state index in [2.05, 4.69) is 91.2 Å². The fraction of sp³-hybridized carbons (Fsp3) is 0.388. The van der Waals surface area contributed by atoms with Gasteiger partial charge in [0.2, 0.25) is 0 Å². The monoisotopic (exact) mass is 766 g/mol. The molecule has 5 aromatic carbocycles. The lowest BCUT2D eigenvalue weighted by atomic mass is 9.70. The van der Waals surface area contributed by atoms with Gasteiger partial charge in [-0.2, -0.15) is 0 Å². The number of hydrogen-bond donors (Lipinski definition) is 0. The standard InChI is InChI=1S/C49H58N4O4/c1-5-7-9-11-13-15-33-49(34-16-14-12-10-8-6-2)47-35-43(50(4)38-21-25-41(26-22-38)52(54)55)29-31-45(47)46-32-30-44(36-48(46)49)51(39-19-17-37(3)18-20-39)40-23-27-42(28-24-40)53(56)57/h17-32,35-36H,5-16,33-34H2,1-4H3. The Hall–Kier alpha value is -5.50. The molecule has 0 unspecified atom stereocenters.